The first kappa shape index (κ1) is 19.0. The summed E-state index contributed by atoms with van der Waals surface area (Å²) in [7, 11) is 0. The molecule has 0 spiro atoms. The van der Waals surface area contributed by atoms with Gasteiger partial charge < -0.3 is 0 Å². The summed E-state index contributed by atoms with van der Waals surface area (Å²) in [4.78, 5) is 12.6. The summed E-state index contributed by atoms with van der Waals surface area (Å²) in [6, 6.07) is 18.5. The van der Waals surface area contributed by atoms with Crippen molar-refractivity contribution in [2.45, 2.75) is 13.8 Å². The summed E-state index contributed by atoms with van der Waals surface area (Å²) in [5.74, 6) is -0.297. The number of allylic oxidation sites excluding steroid dienone is 1. The van der Waals surface area contributed by atoms with Crippen molar-refractivity contribution in [1.82, 2.24) is 5.43 Å². The number of carbonyl (C=O) groups is 1. The van der Waals surface area contributed by atoms with Gasteiger partial charge in [0, 0.05) is 5.56 Å². The molecule has 2 unspecified atom stereocenters. The molecule has 2 atom stereocenters. The van der Waals surface area contributed by atoms with Crippen molar-refractivity contribution < 1.29 is 4.79 Å². The number of hydrazone groups is 1. The second-order valence-electron chi connectivity index (χ2n) is 7.75. The molecule has 3 aromatic carbocycles. The Hall–Kier alpha value is -2.36. The van der Waals surface area contributed by atoms with Crippen molar-refractivity contribution in [2.75, 3.05) is 0 Å². The highest BCUT2D eigenvalue weighted by molar-refractivity contribution is 6.55. The summed E-state index contributed by atoms with van der Waals surface area (Å²) >= 11 is 11.5. The Morgan fingerprint density at radius 3 is 2.18 bits per heavy atom. The molecule has 1 aliphatic rings. The molecule has 5 heteroatoms. The predicted octanol–water partition coefficient (Wildman–Crippen LogP) is 6.03. The topological polar surface area (TPSA) is 41.5 Å². The number of rotatable bonds is 4. The molecule has 1 saturated carbocycles. The van der Waals surface area contributed by atoms with E-state index in [1.54, 1.807) is 12.3 Å². The lowest BCUT2D eigenvalue weighted by Gasteiger charge is -2.08. The zero-order valence-electron chi connectivity index (χ0n) is 15.6. The standard InChI is InChI=1S/C23H20Cl2N2O/c1-23(2)19(12-20(24)25)21(23)22(28)27-26-13-18-16-9-5-3-7-14(16)11-15-8-4-6-10-17(15)18/h3-13,19,21H,1-2H3,(H,27,28)/b26-13+. The van der Waals surface area contributed by atoms with Crippen LogP contribution in [0, 0.1) is 17.3 Å². The second-order valence-corrected chi connectivity index (χ2v) is 8.76. The highest BCUT2D eigenvalue weighted by Gasteiger charge is 2.60. The molecule has 0 heterocycles. The molecule has 3 aromatic rings. The number of amides is 1. The zero-order valence-corrected chi connectivity index (χ0v) is 17.1. The van der Waals surface area contributed by atoms with E-state index in [0.29, 0.717) is 0 Å². The Morgan fingerprint density at radius 1 is 1.04 bits per heavy atom. The van der Waals surface area contributed by atoms with Gasteiger partial charge in [-0.15, -0.1) is 0 Å². The van der Waals surface area contributed by atoms with E-state index in [0.717, 1.165) is 27.1 Å². The number of nitrogens with one attached hydrogen (secondary N) is 1. The summed E-state index contributed by atoms with van der Waals surface area (Å²) < 4.78 is 0.194. The minimum atomic E-state index is -0.193. The first-order valence-corrected chi connectivity index (χ1v) is 9.91. The number of fused-ring (bicyclic) bond motifs is 2. The van der Waals surface area contributed by atoms with Gasteiger partial charge in [0.05, 0.1) is 12.1 Å². The minimum absolute atomic E-state index is 0.0195. The third kappa shape index (κ3) is 3.41. The molecule has 28 heavy (non-hydrogen) atoms. The summed E-state index contributed by atoms with van der Waals surface area (Å²) in [5, 5.41) is 8.74. The molecular formula is C23H20Cl2N2O. The fourth-order valence-electron chi connectivity index (χ4n) is 4.04. The van der Waals surface area contributed by atoms with E-state index in [1.807, 2.05) is 38.1 Å². The second kappa shape index (κ2) is 7.23. The predicted molar refractivity (Wildman–Crippen MR) is 118 cm³/mol. The molecule has 0 aliphatic heterocycles. The van der Waals surface area contributed by atoms with E-state index < -0.39 is 0 Å². The van der Waals surface area contributed by atoms with Gasteiger partial charge in [0.2, 0.25) is 5.91 Å². The van der Waals surface area contributed by atoms with Gasteiger partial charge in [0.25, 0.3) is 0 Å². The van der Waals surface area contributed by atoms with Crippen LogP contribution in [0.4, 0.5) is 0 Å². The quantitative estimate of drug-likeness (QED) is 0.318. The largest absolute Gasteiger partial charge is 0.273 e. The Morgan fingerprint density at radius 2 is 1.61 bits per heavy atom. The van der Waals surface area contributed by atoms with Crippen LogP contribution in [0.2, 0.25) is 0 Å². The Labute approximate surface area is 174 Å². The van der Waals surface area contributed by atoms with E-state index in [2.05, 4.69) is 40.9 Å². The maximum absolute atomic E-state index is 12.6. The molecule has 4 rings (SSSR count). The summed E-state index contributed by atoms with van der Waals surface area (Å²) in [5.41, 5.74) is 3.51. The third-order valence-corrected chi connectivity index (χ3v) is 5.93. The van der Waals surface area contributed by atoms with Crippen LogP contribution in [-0.2, 0) is 4.79 Å². The molecule has 0 saturated heterocycles. The maximum atomic E-state index is 12.6. The van der Waals surface area contributed by atoms with E-state index in [1.165, 1.54) is 0 Å². The fourth-order valence-corrected chi connectivity index (χ4v) is 4.31. The van der Waals surface area contributed by atoms with Crippen LogP contribution in [0.25, 0.3) is 21.5 Å². The molecule has 1 fully saturated rings. The molecule has 0 radical (unpaired) electrons. The van der Waals surface area contributed by atoms with Gasteiger partial charge in [-0.3, -0.25) is 4.79 Å². The first-order valence-electron chi connectivity index (χ1n) is 9.16. The third-order valence-electron chi connectivity index (χ3n) is 5.68. The smallest absolute Gasteiger partial charge is 0.244 e. The SMILES string of the molecule is CC1(C)C(C=C(Cl)Cl)C1C(=O)N/N=C/c1c2ccccc2cc2ccccc12. The number of nitrogens with zero attached hydrogens (tertiary/aromatic N) is 1. The molecule has 0 aromatic heterocycles. The molecular weight excluding hydrogens is 391 g/mol. The highest BCUT2D eigenvalue weighted by atomic mass is 35.5. The van der Waals surface area contributed by atoms with Gasteiger partial charge in [0.15, 0.2) is 0 Å². The van der Waals surface area contributed by atoms with E-state index >= 15 is 0 Å². The van der Waals surface area contributed by atoms with Gasteiger partial charge in [-0.25, -0.2) is 5.43 Å². The average molecular weight is 411 g/mol. The minimum Gasteiger partial charge on any atom is -0.273 e. The van der Waals surface area contributed by atoms with Crippen LogP contribution in [-0.4, -0.2) is 12.1 Å². The normalized spacial score (nSPS) is 20.4. The monoisotopic (exact) mass is 410 g/mol. The van der Waals surface area contributed by atoms with E-state index in [-0.39, 0.29) is 27.6 Å². The van der Waals surface area contributed by atoms with Crippen molar-refractivity contribution >= 4 is 56.9 Å². The number of halogens is 2. The van der Waals surface area contributed by atoms with Gasteiger partial charge in [-0.2, -0.15) is 5.10 Å². The van der Waals surface area contributed by atoms with Crippen molar-refractivity contribution in [3.63, 3.8) is 0 Å². The van der Waals surface area contributed by atoms with Crippen LogP contribution >= 0.6 is 23.2 Å². The van der Waals surface area contributed by atoms with Crippen molar-refractivity contribution in [3.8, 4) is 0 Å². The molecule has 1 amide bonds. The van der Waals surface area contributed by atoms with Gasteiger partial charge >= 0.3 is 0 Å². The van der Waals surface area contributed by atoms with E-state index in [9.17, 15) is 4.79 Å². The molecule has 0 bridgehead atoms. The summed E-state index contributed by atoms with van der Waals surface area (Å²) in [6.45, 7) is 4.05. The van der Waals surface area contributed by atoms with Crippen molar-refractivity contribution in [3.05, 3.63) is 70.7 Å². The number of benzene rings is 3. The molecule has 1 N–H and O–H groups in total. The van der Waals surface area contributed by atoms with E-state index in [4.69, 9.17) is 23.2 Å². The van der Waals surface area contributed by atoms with Crippen LogP contribution in [0.5, 0.6) is 0 Å². The summed E-state index contributed by atoms with van der Waals surface area (Å²) in [6.07, 6.45) is 3.46. The van der Waals surface area contributed by atoms with Crippen LogP contribution in [0.3, 0.4) is 0 Å². The van der Waals surface area contributed by atoms with Crippen molar-refractivity contribution in [2.24, 2.45) is 22.4 Å². The van der Waals surface area contributed by atoms with Gasteiger partial charge in [-0.1, -0.05) is 85.6 Å². The number of carbonyl (C=O) groups excluding carboxylic acids is 1. The average Bonchev–Trinajstić information content (AvgIpc) is 3.20. The lowest BCUT2D eigenvalue weighted by Crippen LogP contribution is -2.22. The lowest BCUT2D eigenvalue weighted by molar-refractivity contribution is -0.123. The Balaban J connectivity index is 1.62. The van der Waals surface area contributed by atoms with Gasteiger partial charge in [0.1, 0.15) is 4.49 Å². The van der Waals surface area contributed by atoms with Crippen molar-refractivity contribution in [1.29, 1.82) is 0 Å². The molecule has 1 aliphatic carbocycles. The van der Waals surface area contributed by atoms with Gasteiger partial charge in [-0.05, 0) is 45.0 Å². The maximum Gasteiger partial charge on any atom is 0.244 e. The van der Waals surface area contributed by atoms with Crippen LogP contribution < -0.4 is 5.43 Å². The molecule has 142 valence electrons. The zero-order chi connectivity index (χ0) is 19.9. The van der Waals surface area contributed by atoms with Crippen LogP contribution in [0.15, 0.2) is 70.3 Å². The fraction of sp³-hybridized carbons (Fsp3) is 0.217. The Bertz CT molecular complexity index is 1080. The van der Waals surface area contributed by atoms with Crippen LogP contribution in [0.1, 0.15) is 19.4 Å². The number of hydrogen-bond donors (Lipinski definition) is 1. The first-order chi connectivity index (χ1) is 13.4. The lowest BCUT2D eigenvalue weighted by atomic mass is 9.97. The molecule has 3 nitrogen and oxygen atoms in total. The number of hydrogen-bond acceptors (Lipinski definition) is 2. The highest BCUT2D eigenvalue weighted by Crippen LogP contribution is 2.59. The Kier molecular flexibility index (Phi) is 4.90.